The molecule has 0 amide bonds. The van der Waals surface area contributed by atoms with Crippen LogP contribution in [0.15, 0.2) is 46.1 Å². The van der Waals surface area contributed by atoms with Crippen molar-refractivity contribution in [3.05, 3.63) is 46.1 Å². The number of allylic oxidation sites excluding steroid dienone is 7. The topological polar surface area (TPSA) is 0 Å². The molecule has 0 saturated heterocycles. The Morgan fingerprint density at radius 3 is 1.37 bits per heavy atom. The van der Waals surface area contributed by atoms with Crippen molar-refractivity contribution >= 4 is 0 Å². The zero-order chi connectivity index (χ0) is 21.6. The van der Waals surface area contributed by atoms with Crippen molar-refractivity contribution in [1.82, 2.24) is 0 Å². The van der Waals surface area contributed by atoms with E-state index in [-0.39, 0.29) is 6.08 Å². The molecule has 0 heterocycles. The molecule has 27 heavy (non-hydrogen) atoms. The van der Waals surface area contributed by atoms with E-state index >= 15 is 0 Å². The SMILES string of the molecule is C=CC1=C(C(F)(F)F)C(C(F)(F)F)=C(CC)C(C(F)(F)F)=C(C(F)(F)F)C1. The zero-order valence-electron chi connectivity index (χ0n) is 13.2. The van der Waals surface area contributed by atoms with Crippen molar-refractivity contribution < 1.29 is 52.7 Å². The first-order valence-electron chi connectivity index (χ1n) is 6.98. The molecule has 0 aromatic carbocycles. The van der Waals surface area contributed by atoms with E-state index in [4.69, 9.17) is 0 Å². The monoisotopic (exact) mass is 418 g/mol. The van der Waals surface area contributed by atoms with Gasteiger partial charge in [-0.1, -0.05) is 19.6 Å². The van der Waals surface area contributed by atoms with Crippen LogP contribution >= 0.6 is 0 Å². The molecule has 1 aliphatic carbocycles. The van der Waals surface area contributed by atoms with Crippen LogP contribution < -0.4 is 0 Å². The van der Waals surface area contributed by atoms with Gasteiger partial charge in [-0.25, -0.2) is 0 Å². The summed E-state index contributed by atoms with van der Waals surface area (Å²) in [6.45, 7) is 3.35. The maximum atomic E-state index is 13.3. The quantitative estimate of drug-likeness (QED) is 0.419. The van der Waals surface area contributed by atoms with E-state index in [1.807, 2.05) is 0 Å². The first-order chi connectivity index (χ1) is 11.9. The van der Waals surface area contributed by atoms with Crippen LogP contribution in [0.5, 0.6) is 0 Å². The molecule has 0 spiro atoms. The second-order valence-electron chi connectivity index (χ2n) is 5.33. The van der Waals surface area contributed by atoms with Gasteiger partial charge in [-0.15, -0.1) is 0 Å². The molecule has 12 heteroatoms. The summed E-state index contributed by atoms with van der Waals surface area (Å²) in [6, 6.07) is 0. The van der Waals surface area contributed by atoms with Crippen molar-refractivity contribution in [3.8, 4) is 0 Å². The third-order valence-electron chi connectivity index (χ3n) is 3.64. The summed E-state index contributed by atoms with van der Waals surface area (Å²) >= 11 is 0. The molecule has 154 valence electrons. The largest absolute Gasteiger partial charge is 0.417 e. The highest BCUT2D eigenvalue weighted by molar-refractivity contribution is 5.59. The molecule has 0 unspecified atom stereocenters. The predicted octanol–water partition coefficient (Wildman–Crippen LogP) is 7.13. The molecule has 1 rings (SSSR count). The van der Waals surface area contributed by atoms with Crippen LogP contribution in [0.3, 0.4) is 0 Å². The number of halogens is 12. The molecule has 0 fully saturated rings. The average molecular weight is 418 g/mol. The summed E-state index contributed by atoms with van der Waals surface area (Å²) in [5.41, 5.74) is -14.5. The number of alkyl halides is 12. The molecular formula is C15H10F12. The number of hydrogen-bond donors (Lipinski definition) is 0. The van der Waals surface area contributed by atoms with Gasteiger partial charge in [0.15, 0.2) is 0 Å². The Morgan fingerprint density at radius 2 is 1.11 bits per heavy atom. The van der Waals surface area contributed by atoms with E-state index in [0.717, 1.165) is 0 Å². The van der Waals surface area contributed by atoms with Crippen LogP contribution in [-0.4, -0.2) is 24.7 Å². The summed E-state index contributed by atoms with van der Waals surface area (Å²) in [5, 5.41) is 0. The van der Waals surface area contributed by atoms with Crippen LogP contribution in [0, 0.1) is 0 Å². The lowest BCUT2D eigenvalue weighted by atomic mass is 9.90. The fourth-order valence-corrected chi connectivity index (χ4v) is 2.73. The highest BCUT2D eigenvalue weighted by Crippen LogP contribution is 2.53. The minimum atomic E-state index is -6.00. The third kappa shape index (κ3) is 4.70. The Kier molecular flexibility index (Phi) is 5.95. The highest BCUT2D eigenvalue weighted by atomic mass is 19.4. The number of hydrogen-bond acceptors (Lipinski definition) is 0. The van der Waals surface area contributed by atoms with Gasteiger partial charge < -0.3 is 0 Å². The van der Waals surface area contributed by atoms with E-state index in [9.17, 15) is 52.7 Å². The zero-order valence-corrected chi connectivity index (χ0v) is 13.2. The molecule has 0 atom stereocenters. The summed E-state index contributed by atoms with van der Waals surface area (Å²) in [6.07, 6.45) is -27.0. The van der Waals surface area contributed by atoms with Crippen molar-refractivity contribution in [3.63, 3.8) is 0 Å². The molecule has 0 aliphatic heterocycles. The second-order valence-corrected chi connectivity index (χ2v) is 5.33. The fourth-order valence-electron chi connectivity index (χ4n) is 2.73. The Balaban J connectivity index is 4.31. The van der Waals surface area contributed by atoms with E-state index in [2.05, 4.69) is 6.58 Å². The van der Waals surface area contributed by atoms with Crippen molar-refractivity contribution in [1.29, 1.82) is 0 Å². The van der Waals surface area contributed by atoms with Crippen LogP contribution in [0.2, 0.25) is 0 Å². The van der Waals surface area contributed by atoms with E-state index in [1.54, 1.807) is 0 Å². The second kappa shape index (κ2) is 6.93. The van der Waals surface area contributed by atoms with E-state index in [1.165, 1.54) is 0 Å². The first-order valence-corrected chi connectivity index (χ1v) is 6.98. The lowest BCUT2D eigenvalue weighted by molar-refractivity contribution is -0.121. The molecule has 0 aromatic heterocycles. The first kappa shape index (κ1) is 23.2. The summed E-state index contributed by atoms with van der Waals surface area (Å²) in [5.74, 6) is 0. The molecular weight excluding hydrogens is 408 g/mol. The molecule has 0 aromatic rings. The van der Waals surface area contributed by atoms with Crippen LogP contribution in [0.4, 0.5) is 52.7 Å². The maximum Gasteiger partial charge on any atom is 0.417 e. The Bertz CT molecular complexity index is 701. The summed E-state index contributed by atoms with van der Waals surface area (Å²) in [7, 11) is 0. The smallest absolute Gasteiger partial charge is 0.166 e. The molecule has 0 nitrogen and oxygen atoms in total. The lowest BCUT2D eigenvalue weighted by Crippen LogP contribution is -2.28. The Labute approximate surface area is 144 Å². The lowest BCUT2D eigenvalue weighted by Gasteiger charge is -2.24. The Morgan fingerprint density at radius 1 is 0.704 bits per heavy atom. The Hall–Kier alpha value is -1.88. The molecule has 0 radical (unpaired) electrons. The van der Waals surface area contributed by atoms with Crippen molar-refractivity contribution in [2.75, 3.05) is 0 Å². The van der Waals surface area contributed by atoms with Gasteiger partial charge in [0.1, 0.15) is 0 Å². The van der Waals surface area contributed by atoms with Gasteiger partial charge in [0.05, 0.1) is 16.7 Å². The standard InChI is InChI=1S/C15H10F12/c1-3-6-5-8(12(16,17)18)10(14(22,23)24)7(4-2)11(15(25,26)27)9(6)13(19,20)21/h3H,1,4-5H2,2H3. The average Bonchev–Trinajstić information content (AvgIpc) is 2.58. The fraction of sp³-hybridized carbons (Fsp3) is 0.467. The van der Waals surface area contributed by atoms with Gasteiger partial charge in [0.2, 0.25) is 0 Å². The van der Waals surface area contributed by atoms with Gasteiger partial charge in [-0.2, -0.15) is 52.7 Å². The van der Waals surface area contributed by atoms with Gasteiger partial charge in [0.25, 0.3) is 0 Å². The predicted molar refractivity (Wildman–Crippen MR) is 70.4 cm³/mol. The van der Waals surface area contributed by atoms with Crippen LogP contribution in [0.1, 0.15) is 19.8 Å². The maximum absolute atomic E-state index is 13.3. The summed E-state index contributed by atoms with van der Waals surface area (Å²) < 4.78 is 159. The van der Waals surface area contributed by atoms with Gasteiger partial charge in [-0.05, 0) is 17.6 Å². The normalized spacial score (nSPS) is 18.3. The highest BCUT2D eigenvalue weighted by Gasteiger charge is 2.55. The van der Waals surface area contributed by atoms with Gasteiger partial charge >= 0.3 is 24.7 Å². The molecule has 1 aliphatic rings. The van der Waals surface area contributed by atoms with Crippen molar-refractivity contribution in [2.24, 2.45) is 0 Å². The van der Waals surface area contributed by atoms with Crippen LogP contribution in [0.25, 0.3) is 0 Å². The van der Waals surface area contributed by atoms with Crippen molar-refractivity contribution in [2.45, 2.75) is 44.5 Å². The van der Waals surface area contributed by atoms with E-state index < -0.39 is 71.0 Å². The van der Waals surface area contributed by atoms with Gasteiger partial charge in [-0.3, -0.25) is 0 Å². The van der Waals surface area contributed by atoms with E-state index in [0.29, 0.717) is 6.92 Å². The minimum Gasteiger partial charge on any atom is -0.166 e. The van der Waals surface area contributed by atoms with Gasteiger partial charge in [0, 0.05) is 12.0 Å². The minimum absolute atomic E-state index is 0.0485. The third-order valence-corrected chi connectivity index (χ3v) is 3.64. The summed E-state index contributed by atoms with van der Waals surface area (Å²) in [4.78, 5) is 0. The molecule has 0 bridgehead atoms. The van der Waals surface area contributed by atoms with Crippen LogP contribution in [-0.2, 0) is 0 Å². The molecule has 0 N–H and O–H groups in total. The number of rotatable bonds is 2. The molecule has 0 saturated carbocycles.